The monoisotopic (exact) mass is 232 g/mol. The molecule has 5 nitrogen and oxygen atoms in total. The number of nitro groups is 1. The van der Waals surface area contributed by atoms with Gasteiger partial charge in [-0.05, 0) is 4.92 Å². The summed E-state index contributed by atoms with van der Waals surface area (Å²) in [4.78, 5) is 22.9. The summed E-state index contributed by atoms with van der Waals surface area (Å²) < 4.78 is 0. The highest BCUT2D eigenvalue weighted by Crippen LogP contribution is 2.06. The van der Waals surface area contributed by atoms with Crippen molar-refractivity contribution in [3.05, 3.63) is 38.2 Å². The van der Waals surface area contributed by atoms with E-state index in [0.717, 1.165) is 6.07 Å². The van der Waals surface area contributed by atoms with Gasteiger partial charge in [0.25, 0.3) is 0 Å². The first kappa shape index (κ1) is 8.92. The zero-order chi connectivity index (χ0) is 9.14. The number of hydrogen-bond acceptors (Lipinski definition) is 3. The Morgan fingerprint density at radius 3 is 2.75 bits per heavy atom. The number of rotatable bonds is 2. The van der Waals surface area contributed by atoms with Gasteiger partial charge in [0.05, 0.1) is 11.4 Å². The molecule has 0 bridgehead atoms. The maximum Gasteiger partial charge on any atom is 0.324 e. The van der Waals surface area contributed by atoms with Crippen molar-refractivity contribution < 1.29 is 4.92 Å². The molecule has 0 aliphatic rings. The lowest BCUT2D eigenvalue weighted by molar-refractivity contribution is -0.389. The van der Waals surface area contributed by atoms with E-state index < -0.39 is 4.92 Å². The Balaban J connectivity index is 3.24. The second-order valence-corrected chi connectivity index (χ2v) is 2.68. The van der Waals surface area contributed by atoms with Gasteiger partial charge in [0, 0.05) is 6.07 Å². The Kier molecular flexibility index (Phi) is 2.59. The van der Waals surface area contributed by atoms with Gasteiger partial charge in [-0.15, -0.1) is 0 Å². The molecular formula is C6H5BrN2O3. The third kappa shape index (κ3) is 1.91. The van der Waals surface area contributed by atoms with E-state index in [1.54, 1.807) is 0 Å². The maximum absolute atomic E-state index is 10.8. The molecule has 0 aliphatic carbocycles. The fourth-order valence-corrected chi connectivity index (χ4v) is 1.06. The van der Waals surface area contributed by atoms with Crippen molar-refractivity contribution in [3.8, 4) is 0 Å². The van der Waals surface area contributed by atoms with E-state index in [-0.39, 0.29) is 11.2 Å². The zero-order valence-electron chi connectivity index (χ0n) is 5.91. The van der Waals surface area contributed by atoms with Crippen LogP contribution in [0.2, 0.25) is 0 Å². The first-order valence-corrected chi connectivity index (χ1v) is 4.19. The van der Waals surface area contributed by atoms with Gasteiger partial charge >= 0.3 is 5.82 Å². The van der Waals surface area contributed by atoms with Crippen molar-refractivity contribution in [2.75, 3.05) is 0 Å². The molecule has 1 aromatic heterocycles. The molecule has 12 heavy (non-hydrogen) atoms. The van der Waals surface area contributed by atoms with Crippen LogP contribution in [-0.4, -0.2) is 9.91 Å². The van der Waals surface area contributed by atoms with Crippen molar-refractivity contribution >= 4 is 21.7 Å². The van der Waals surface area contributed by atoms with E-state index in [1.807, 2.05) is 0 Å². The van der Waals surface area contributed by atoms with E-state index in [9.17, 15) is 14.9 Å². The minimum Gasteiger partial charge on any atom is -0.358 e. The smallest absolute Gasteiger partial charge is 0.324 e. The Hall–Kier alpha value is -1.17. The minimum atomic E-state index is -0.631. The third-order valence-electron chi connectivity index (χ3n) is 1.22. The molecule has 1 rings (SSSR count). The molecule has 0 aromatic carbocycles. The van der Waals surface area contributed by atoms with Crippen LogP contribution in [0.25, 0.3) is 0 Å². The fraction of sp³-hybridized carbons (Fsp3) is 0.167. The number of aromatic nitrogens is 1. The number of nitrogens with zero attached hydrogens (tertiary/aromatic N) is 1. The van der Waals surface area contributed by atoms with Gasteiger partial charge in [-0.1, -0.05) is 15.9 Å². The van der Waals surface area contributed by atoms with Gasteiger partial charge in [-0.3, -0.25) is 4.79 Å². The normalized spacial score (nSPS) is 9.75. The fourth-order valence-electron chi connectivity index (χ4n) is 0.755. The van der Waals surface area contributed by atoms with Gasteiger partial charge in [-0.2, -0.15) is 0 Å². The van der Waals surface area contributed by atoms with Gasteiger partial charge in [0.1, 0.15) is 5.69 Å². The predicted octanol–water partition coefficient (Wildman–Crippen LogP) is 1.18. The van der Waals surface area contributed by atoms with Crippen LogP contribution in [0.5, 0.6) is 0 Å². The van der Waals surface area contributed by atoms with E-state index in [4.69, 9.17) is 0 Å². The Morgan fingerprint density at radius 1 is 1.58 bits per heavy atom. The van der Waals surface area contributed by atoms with Crippen molar-refractivity contribution in [2.45, 2.75) is 5.33 Å². The topological polar surface area (TPSA) is 76.0 Å². The maximum atomic E-state index is 10.8. The first-order valence-electron chi connectivity index (χ1n) is 3.07. The van der Waals surface area contributed by atoms with Crippen LogP contribution in [0, 0.1) is 10.1 Å². The minimum absolute atomic E-state index is 0.281. The molecule has 1 heterocycles. The van der Waals surface area contributed by atoms with Crippen LogP contribution in [0.4, 0.5) is 5.82 Å². The van der Waals surface area contributed by atoms with Crippen LogP contribution >= 0.6 is 15.9 Å². The van der Waals surface area contributed by atoms with Crippen LogP contribution in [0.3, 0.4) is 0 Å². The number of halogens is 1. The van der Waals surface area contributed by atoms with Crippen molar-refractivity contribution in [3.63, 3.8) is 0 Å². The number of aromatic amines is 1. The average molecular weight is 233 g/mol. The molecule has 0 fully saturated rings. The molecule has 0 unspecified atom stereocenters. The summed E-state index contributed by atoms with van der Waals surface area (Å²) in [6, 6.07) is 2.26. The highest BCUT2D eigenvalue weighted by atomic mass is 79.9. The summed E-state index contributed by atoms with van der Waals surface area (Å²) in [5.74, 6) is -0.281. The van der Waals surface area contributed by atoms with Gasteiger partial charge < -0.3 is 10.1 Å². The Morgan fingerprint density at radius 2 is 2.25 bits per heavy atom. The number of nitrogens with one attached hydrogen (secondary N) is 1. The summed E-state index contributed by atoms with van der Waals surface area (Å²) >= 11 is 3.08. The standard InChI is InChI=1S/C6H5BrN2O3/c7-3-4-1-5(10)2-6(8-4)9(11)12/h1-2H,3H2,(H,8,10). The van der Waals surface area contributed by atoms with Crippen LogP contribution in [-0.2, 0) is 5.33 Å². The van der Waals surface area contributed by atoms with Gasteiger partial charge in [0.2, 0.25) is 0 Å². The molecule has 0 saturated heterocycles. The van der Waals surface area contributed by atoms with E-state index in [1.165, 1.54) is 6.07 Å². The van der Waals surface area contributed by atoms with E-state index in [0.29, 0.717) is 11.0 Å². The molecule has 0 radical (unpaired) electrons. The second kappa shape index (κ2) is 3.48. The molecule has 0 aliphatic heterocycles. The number of H-pyrrole nitrogens is 1. The third-order valence-corrected chi connectivity index (χ3v) is 1.83. The van der Waals surface area contributed by atoms with Crippen LogP contribution < -0.4 is 5.43 Å². The molecule has 1 aromatic rings. The van der Waals surface area contributed by atoms with Gasteiger partial charge in [0.15, 0.2) is 5.43 Å². The lowest BCUT2D eigenvalue weighted by Crippen LogP contribution is -2.05. The summed E-state index contributed by atoms with van der Waals surface area (Å²) in [5, 5.41) is 10.6. The lowest BCUT2D eigenvalue weighted by Gasteiger charge is -1.94. The van der Waals surface area contributed by atoms with E-state index in [2.05, 4.69) is 20.9 Å². The molecule has 0 amide bonds. The quantitative estimate of drug-likeness (QED) is 0.473. The summed E-state index contributed by atoms with van der Waals surface area (Å²) in [6.45, 7) is 0. The molecule has 1 N–H and O–H groups in total. The summed E-state index contributed by atoms with van der Waals surface area (Å²) in [6.07, 6.45) is 0. The van der Waals surface area contributed by atoms with Crippen molar-refractivity contribution in [1.29, 1.82) is 0 Å². The number of pyridine rings is 1. The highest BCUT2D eigenvalue weighted by Gasteiger charge is 2.06. The molecule has 6 heteroatoms. The van der Waals surface area contributed by atoms with Gasteiger partial charge in [-0.25, -0.2) is 4.98 Å². The first-order chi connectivity index (χ1) is 5.63. The van der Waals surface area contributed by atoms with Crippen molar-refractivity contribution in [1.82, 2.24) is 4.98 Å². The number of hydrogen-bond donors (Lipinski definition) is 1. The highest BCUT2D eigenvalue weighted by molar-refractivity contribution is 9.08. The largest absolute Gasteiger partial charge is 0.358 e. The molecule has 0 atom stereocenters. The summed E-state index contributed by atoms with van der Waals surface area (Å²) in [5.41, 5.74) is 0.129. The molecular weight excluding hydrogens is 228 g/mol. The van der Waals surface area contributed by atoms with Crippen LogP contribution in [0.15, 0.2) is 16.9 Å². The molecule has 64 valence electrons. The molecule has 0 spiro atoms. The van der Waals surface area contributed by atoms with Crippen molar-refractivity contribution in [2.24, 2.45) is 0 Å². The predicted molar refractivity (Wildman–Crippen MR) is 46.3 cm³/mol. The average Bonchev–Trinajstić information content (AvgIpc) is 2.03. The number of alkyl halides is 1. The lowest BCUT2D eigenvalue weighted by atomic mass is 10.3. The zero-order valence-corrected chi connectivity index (χ0v) is 7.50. The SMILES string of the molecule is O=c1cc(CBr)[nH]c([N+](=O)[O-])c1. The summed E-state index contributed by atoms with van der Waals surface area (Å²) in [7, 11) is 0. The van der Waals surface area contributed by atoms with E-state index >= 15 is 0 Å². The molecule has 0 saturated carbocycles. The van der Waals surface area contributed by atoms with Crippen LogP contribution in [0.1, 0.15) is 5.69 Å². The Bertz CT molecular complexity index is 360. The Labute approximate surface area is 75.7 Å². The second-order valence-electron chi connectivity index (χ2n) is 2.12.